The van der Waals surface area contributed by atoms with Crippen LogP contribution in [0.25, 0.3) is 11.7 Å². The second-order valence-corrected chi connectivity index (χ2v) is 6.17. The highest BCUT2D eigenvalue weighted by molar-refractivity contribution is 6.30. The number of amides is 1. The van der Waals surface area contributed by atoms with Crippen LogP contribution in [0.1, 0.15) is 11.3 Å². The Morgan fingerprint density at radius 2 is 2.00 bits per heavy atom. The maximum atomic E-state index is 12.0. The van der Waals surface area contributed by atoms with E-state index in [2.05, 4.69) is 10.3 Å². The Bertz CT molecular complexity index is 1140. The van der Waals surface area contributed by atoms with E-state index < -0.39 is 11.2 Å². The van der Waals surface area contributed by atoms with E-state index in [0.29, 0.717) is 10.7 Å². The van der Waals surface area contributed by atoms with Gasteiger partial charge >= 0.3 is 5.69 Å². The fraction of sp³-hybridized carbons (Fsp3) is 0.176. The van der Waals surface area contributed by atoms with Crippen LogP contribution in [-0.4, -0.2) is 24.4 Å². The Morgan fingerprint density at radius 1 is 1.23 bits per heavy atom. The molecule has 0 aromatic carbocycles. The summed E-state index contributed by atoms with van der Waals surface area (Å²) in [5, 5.41) is 3.28. The Balaban J connectivity index is 1.70. The molecule has 0 aliphatic heterocycles. The van der Waals surface area contributed by atoms with Gasteiger partial charge in [0.2, 0.25) is 5.91 Å². The summed E-state index contributed by atoms with van der Waals surface area (Å²) in [5.74, 6) is -0.379. The molecule has 0 aliphatic carbocycles. The first-order valence-corrected chi connectivity index (χ1v) is 8.08. The van der Waals surface area contributed by atoms with Crippen molar-refractivity contribution in [3.63, 3.8) is 0 Å². The average Bonchev–Trinajstić information content (AvgIpc) is 3.02. The molecule has 8 nitrogen and oxygen atoms in total. The quantitative estimate of drug-likeness (QED) is 0.682. The smallest absolute Gasteiger partial charge is 0.330 e. The van der Waals surface area contributed by atoms with Crippen LogP contribution in [-0.2, 0) is 25.4 Å². The van der Waals surface area contributed by atoms with Gasteiger partial charge in [-0.15, -0.1) is 0 Å². The highest BCUT2D eigenvalue weighted by Crippen LogP contribution is 2.11. The van der Waals surface area contributed by atoms with Gasteiger partial charge < -0.3 is 14.3 Å². The van der Waals surface area contributed by atoms with E-state index >= 15 is 0 Å². The molecule has 0 atom stereocenters. The van der Waals surface area contributed by atoms with Gasteiger partial charge in [0.25, 0.3) is 5.56 Å². The predicted molar refractivity (Wildman–Crippen MR) is 98.0 cm³/mol. The third kappa shape index (κ3) is 3.60. The molecule has 3 aromatic rings. The molecule has 9 heteroatoms. The van der Waals surface area contributed by atoms with Crippen molar-refractivity contribution in [2.45, 2.75) is 6.54 Å². The standard InChI is InChI=1S/C17H16ClN5O3/c1-21-8-11(16(25)22(2)17(21)26)3-6-15(24)19-7-13-10-23-9-12(18)4-5-14(23)20-13/h3-6,8-10H,7H2,1-2H3,(H,19,24)/b6-3+. The van der Waals surface area contributed by atoms with Gasteiger partial charge in [-0.05, 0) is 18.2 Å². The molecule has 3 aromatic heterocycles. The molecule has 1 amide bonds. The first-order chi connectivity index (χ1) is 12.3. The number of rotatable bonds is 4. The van der Waals surface area contributed by atoms with Gasteiger partial charge in [-0.1, -0.05) is 11.6 Å². The molecule has 0 saturated heterocycles. The zero-order chi connectivity index (χ0) is 18.8. The van der Waals surface area contributed by atoms with Crippen molar-refractivity contribution in [1.82, 2.24) is 23.8 Å². The summed E-state index contributed by atoms with van der Waals surface area (Å²) in [5.41, 5.74) is 0.750. The Morgan fingerprint density at radius 3 is 2.77 bits per heavy atom. The number of pyridine rings is 1. The Hall–Kier alpha value is -3.13. The van der Waals surface area contributed by atoms with Gasteiger partial charge in [0.15, 0.2) is 0 Å². The summed E-state index contributed by atoms with van der Waals surface area (Å²) in [6, 6.07) is 3.52. The molecule has 0 aliphatic rings. The number of halogens is 1. The fourth-order valence-electron chi connectivity index (χ4n) is 2.45. The van der Waals surface area contributed by atoms with Crippen LogP contribution in [0, 0.1) is 0 Å². The minimum absolute atomic E-state index is 0.230. The van der Waals surface area contributed by atoms with Crippen molar-refractivity contribution < 1.29 is 4.79 Å². The van der Waals surface area contributed by atoms with E-state index in [9.17, 15) is 14.4 Å². The number of aromatic nitrogens is 4. The van der Waals surface area contributed by atoms with Crippen LogP contribution in [0.3, 0.4) is 0 Å². The van der Waals surface area contributed by atoms with Gasteiger partial charge in [0.05, 0.1) is 22.8 Å². The zero-order valence-corrected chi connectivity index (χ0v) is 14.9. The van der Waals surface area contributed by atoms with Crippen molar-refractivity contribution in [3.8, 4) is 0 Å². The highest BCUT2D eigenvalue weighted by atomic mass is 35.5. The maximum Gasteiger partial charge on any atom is 0.330 e. The minimum atomic E-state index is -0.464. The van der Waals surface area contributed by atoms with Crippen LogP contribution in [0.2, 0.25) is 5.02 Å². The van der Waals surface area contributed by atoms with E-state index in [-0.39, 0.29) is 18.0 Å². The van der Waals surface area contributed by atoms with Crippen molar-refractivity contribution in [1.29, 1.82) is 0 Å². The van der Waals surface area contributed by atoms with E-state index in [0.717, 1.165) is 10.2 Å². The van der Waals surface area contributed by atoms with Crippen LogP contribution >= 0.6 is 11.6 Å². The SMILES string of the molecule is Cn1cc(/C=C/C(=O)NCc2cn3cc(Cl)ccc3n2)c(=O)n(C)c1=O. The molecule has 3 rings (SSSR count). The number of hydrogen-bond donors (Lipinski definition) is 1. The highest BCUT2D eigenvalue weighted by Gasteiger charge is 2.06. The number of hydrogen-bond acceptors (Lipinski definition) is 4. The molecule has 0 bridgehead atoms. The number of imidazole rings is 1. The molecule has 0 fully saturated rings. The van der Waals surface area contributed by atoms with Gasteiger partial charge in [-0.3, -0.25) is 14.2 Å². The number of aryl methyl sites for hydroxylation is 1. The van der Waals surface area contributed by atoms with E-state index in [4.69, 9.17) is 11.6 Å². The summed E-state index contributed by atoms with van der Waals surface area (Å²) < 4.78 is 4.04. The fourth-order valence-corrected chi connectivity index (χ4v) is 2.62. The summed E-state index contributed by atoms with van der Waals surface area (Å²) in [6.07, 6.45) is 7.51. The van der Waals surface area contributed by atoms with Crippen LogP contribution in [0.5, 0.6) is 0 Å². The van der Waals surface area contributed by atoms with E-state index in [1.54, 1.807) is 28.9 Å². The summed E-state index contributed by atoms with van der Waals surface area (Å²) in [4.78, 5) is 40.0. The second-order valence-electron chi connectivity index (χ2n) is 5.74. The molecule has 3 heterocycles. The number of carbonyl (C=O) groups is 1. The van der Waals surface area contributed by atoms with Crippen LogP contribution in [0.4, 0.5) is 0 Å². The Kier molecular flexibility index (Phi) is 4.77. The van der Waals surface area contributed by atoms with Gasteiger partial charge in [0, 0.05) is 38.8 Å². The van der Waals surface area contributed by atoms with Gasteiger partial charge in [-0.2, -0.15) is 0 Å². The molecule has 0 unspecified atom stereocenters. The Labute approximate surface area is 153 Å². The van der Waals surface area contributed by atoms with Crippen molar-refractivity contribution in [3.05, 3.63) is 73.9 Å². The maximum absolute atomic E-state index is 12.0. The lowest BCUT2D eigenvalue weighted by Crippen LogP contribution is -2.37. The molecule has 0 spiro atoms. The number of nitrogens with one attached hydrogen (secondary N) is 1. The lowest BCUT2D eigenvalue weighted by molar-refractivity contribution is -0.116. The topological polar surface area (TPSA) is 90.4 Å². The first-order valence-electron chi connectivity index (χ1n) is 7.71. The normalized spacial score (nSPS) is 11.3. The van der Waals surface area contributed by atoms with Crippen LogP contribution in [0.15, 0.2) is 46.4 Å². The molecule has 0 radical (unpaired) electrons. The van der Waals surface area contributed by atoms with Crippen molar-refractivity contribution >= 4 is 29.2 Å². The minimum Gasteiger partial charge on any atom is -0.347 e. The number of nitrogens with zero attached hydrogens (tertiary/aromatic N) is 4. The molecule has 1 N–H and O–H groups in total. The van der Waals surface area contributed by atoms with Gasteiger partial charge in [0.1, 0.15) is 5.65 Å². The summed E-state index contributed by atoms with van der Waals surface area (Å²) in [7, 11) is 2.92. The van der Waals surface area contributed by atoms with E-state index in [1.165, 1.54) is 37.0 Å². The number of fused-ring (bicyclic) bond motifs is 1. The first kappa shape index (κ1) is 17.7. The van der Waals surface area contributed by atoms with E-state index in [1.807, 2.05) is 0 Å². The molecular formula is C17H16ClN5O3. The molecule has 134 valence electrons. The summed E-state index contributed by atoms with van der Waals surface area (Å²) in [6.45, 7) is 0.230. The van der Waals surface area contributed by atoms with Crippen LogP contribution < -0.4 is 16.6 Å². The molecule has 26 heavy (non-hydrogen) atoms. The monoisotopic (exact) mass is 373 g/mol. The average molecular weight is 374 g/mol. The largest absolute Gasteiger partial charge is 0.347 e. The number of carbonyl (C=O) groups excluding carboxylic acids is 1. The van der Waals surface area contributed by atoms with Crippen molar-refractivity contribution in [2.75, 3.05) is 0 Å². The molecule has 0 saturated carbocycles. The third-order valence-electron chi connectivity index (χ3n) is 3.80. The van der Waals surface area contributed by atoms with Gasteiger partial charge in [-0.25, -0.2) is 9.78 Å². The third-order valence-corrected chi connectivity index (χ3v) is 4.02. The lowest BCUT2D eigenvalue weighted by Gasteiger charge is -2.03. The second kappa shape index (κ2) is 7.01. The predicted octanol–water partition coefficient (Wildman–Crippen LogP) is 0.715. The lowest BCUT2D eigenvalue weighted by atomic mass is 10.3. The summed E-state index contributed by atoms with van der Waals surface area (Å²) >= 11 is 5.92. The molecular weight excluding hydrogens is 358 g/mol. The zero-order valence-electron chi connectivity index (χ0n) is 14.1. The van der Waals surface area contributed by atoms with Crippen molar-refractivity contribution in [2.24, 2.45) is 14.1 Å².